The van der Waals surface area contributed by atoms with Crippen molar-refractivity contribution in [1.82, 2.24) is 34.1 Å². The average molecular weight is 836 g/mol. The van der Waals surface area contributed by atoms with Crippen molar-refractivity contribution in [3.05, 3.63) is 194 Å². The Kier molecular flexibility index (Phi) is 8.31. The maximum absolute atomic E-state index is 13.1. The van der Waals surface area contributed by atoms with Gasteiger partial charge in [-0.3, -0.25) is 4.57 Å². The zero-order valence-electron chi connectivity index (χ0n) is 33.3. The zero-order chi connectivity index (χ0) is 42.1. The van der Waals surface area contributed by atoms with Crippen molar-refractivity contribution >= 4 is 64.8 Å². The second-order valence-corrected chi connectivity index (χ2v) is 16.8. The highest BCUT2D eigenvalue weighted by Gasteiger charge is 2.22. The molecule has 0 saturated heterocycles. The highest BCUT2D eigenvalue weighted by molar-refractivity contribution is 7.87. The lowest BCUT2D eigenvalue weighted by atomic mass is 10.1. The first kappa shape index (κ1) is 36.4. The molecule has 8 aromatic carbocycles. The molecular weight excluding hydrogens is 803 g/mol. The minimum Gasteiger partial charge on any atom is -0.379 e. The summed E-state index contributed by atoms with van der Waals surface area (Å²) in [5, 5.41) is 4.35. The van der Waals surface area contributed by atoms with Crippen LogP contribution in [0.1, 0.15) is 0 Å². The van der Waals surface area contributed by atoms with E-state index in [0.29, 0.717) is 34.5 Å². The Morgan fingerprint density at radius 3 is 1.60 bits per heavy atom. The van der Waals surface area contributed by atoms with Crippen LogP contribution in [-0.4, -0.2) is 42.5 Å². The summed E-state index contributed by atoms with van der Waals surface area (Å²) in [6, 6.07) is 62.9. The second kappa shape index (κ2) is 14.4. The van der Waals surface area contributed by atoms with E-state index in [1.165, 1.54) is 6.07 Å². The fourth-order valence-electron chi connectivity index (χ4n) is 8.52. The Hall–Kier alpha value is -8.41. The van der Waals surface area contributed by atoms with E-state index in [0.717, 1.165) is 66.0 Å². The van der Waals surface area contributed by atoms with E-state index in [2.05, 4.69) is 86.9 Å². The van der Waals surface area contributed by atoms with Crippen LogP contribution in [0.3, 0.4) is 0 Å². The van der Waals surface area contributed by atoms with Gasteiger partial charge in [0.1, 0.15) is 16.5 Å². The molecule has 12 aromatic rings. The monoisotopic (exact) mass is 835 g/mol. The topological polar surface area (TPSA) is 121 Å². The SMILES string of the molecule is O=S(=O)(Oc1ccccc1)c1ccc2nc(-c3ccc(-n4c5ccccc5c5cc6c(cc54)c4ccccc4n6-c4nc(-c5ccccc5)nc(-c5ccccc5)n4)cc3)[nH]c2c1. The molecule has 4 heterocycles. The number of hydrogen-bond acceptors (Lipinski definition) is 7. The number of benzene rings is 8. The zero-order valence-corrected chi connectivity index (χ0v) is 34.1. The van der Waals surface area contributed by atoms with Crippen LogP contribution in [0.5, 0.6) is 5.75 Å². The smallest absolute Gasteiger partial charge is 0.339 e. The lowest BCUT2D eigenvalue weighted by Crippen LogP contribution is -2.09. The number of aromatic nitrogens is 7. The van der Waals surface area contributed by atoms with Crippen LogP contribution in [0.2, 0.25) is 0 Å². The van der Waals surface area contributed by atoms with Crippen molar-refractivity contribution < 1.29 is 12.6 Å². The fourth-order valence-corrected chi connectivity index (χ4v) is 9.48. The number of hydrogen-bond donors (Lipinski definition) is 1. The summed E-state index contributed by atoms with van der Waals surface area (Å²) in [5.41, 5.74) is 8.97. The van der Waals surface area contributed by atoms with Crippen LogP contribution >= 0.6 is 0 Å². The van der Waals surface area contributed by atoms with Crippen LogP contribution < -0.4 is 4.18 Å². The van der Waals surface area contributed by atoms with E-state index in [9.17, 15) is 8.42 Å². The molecule has 0 aliphatic heterocycles. The fraction of sp³-hybridized carbons (Fsp3) is 0. The maximum Gasteiger partial charge on any atom is 0.339 e. The Bertz CT molecular complexity index is 3770. The number of rotatable bonds is 8. The summed E-state index contributed by atoms with van der Waals surface area (Å²) < 4.78 is 36.1. The Labute approximate surface area is 360 Å². The van der Waals surface area contributed by atoms with Crippen LogP contribution in [0.4, 0.5) is 0 Å². The van der Waals surface area contributed by atoms with Gasteiger partial charge in [-0.1, -0.05) is 115 Å². The Morgan fingerprint density at radius 1 is 0.444 bits per heavy atom. The molecule has 0 radical (unpaired) electrons. The molecule has 300 valence electrons. The molecule has 4 aromatic heterocycles. The average Bonchev–Trinajstić information content (AvgIpc) is 4.01. The molecule has 10 nitrogen and oxygen atoms in total. The van der Waals surface area contributed by atoms with E-state index in [1.807, 2.05) is 72.8 Å². The predicted molar refractivity (Wildman–Crippen MR) is 249 cm³/mol. The number of imidazole rings is 1. The van der Waals surface area contributed by atoms with Gasteiger partial charge in [-0.05, 0) is 78.9 Å². The van der Waals surface area contributed by atoms with E-state index in [1.54, 1.807) is 42.5 Å². The number of para-hydroxylation sites is 3. The van der Waals surface area contributed by atoms with Crippen molar-refractivity contribution in [3.8, 4) is 51.5 Å². The molecule has 1 N–H and O–H groups in total. The van der Waals surface area contributed by atoms with Gasteiger partial charge in [-0.15, -0.1) is 0 Å². The molecule has 12 rings (SSSR count). The van der Waals surface area contributed by atoms with Crippen LogP contribution in [0.25, 0.3) is 100 Å². The minimum absolute atomic E-state index is 0.0372. The quantitative estimate of drug-likeness (QED) is 0.151. The molecule has 0 unspecified atom stereocenters. The van der Waals surface area contributed by atoms with Crippen molar-refractivity contribution in [3.63, 3.8) is 0 Å². The number of H-pyrrole nitrogens is 1. The van der Waals surface area contributed by atoms with Crippen LogP contribution in [0, 0.1) is 0 Å². The largest absolute Gasteiger partial charge is 0.379 e. The maximum atomic E-state index is 13.1. The summed E-state index contributed by atoms with van der Waals surface area (Å²) in [4.78, 5) is 23.4. The van der Waals surface area contributed by atoms with Gasteiger partial charge < -0.3 is 13.7 Å². The molecular formula is C52H33N7O3S. The van der Waals surface area contributed by atoms with Gasteiger partial charge in [0.05, 0.1) is 33.1 Å². The molecule has 0 aliphatic carbocycles. The third kappa shape index (κ3) is 6.21. The van der Waals surface area contributed by atoms with E-state index < -0.39 is 10.1 Å². The highest BCUT2D eigenvalue weighted by atomic mass is 32.2. The normalized spacial score (nSPS) is 11.9. The summed E-state index contributed by atoms with van der Waals surface area (Å²) >= 11 is 0. The first-order valence-corrected chi connectivity index (χ1v) is 21.8. The van der Waals surface area contributed by atoms with Crippen molar-refractivity contribution in [1.29, 1.82) is 0 Å². The number of nitrogens with one attached hydrogen (secondary N) is 1. The molecule has 11 heteroatoms. The molecule has 0 fully saturated rings. The van der Waals surface area contributed by atoms with Gasteiger partial charge in [0.25, 0.3) is 0 Å². The first-order valence-electron chi connectivity index (χ1n) is 20.4. The number of aromatic amines is 1. The lowest BCUT2D eigenvalue weighted by Gasteiger charge is -2.11. The van der Waals surface area contributed by atoms with Crippen molar-refractivity contribution in [2.24, 2.45) is 0 Å². The molecule has 63 heavy (non-hydrogen) atoms. The van der Waals surface area contributed by atoms with E-state index in [-0.39, 0.29) is 10.6 Å². The Balaban J connectivity index is 0.981. The van der Waals surface area contributed by atoms with Crippen molar-refractivity contribution in [2.75, 3.05) is 0 Å². The van der Waals surface area contributed by atoms with Gasteiger partial charge >= 0.3 is 10.1 Å². The summed E-state index contributed by atoms with van der Waals surface area (Å²) in [7, 11) is -4.05. The van der Waals surface area contributed by atoms with E-state index in [4.69, 9.17) is 24.1 Å². The Morgan fingerprint density at radius 2 is 0.984 bits per heavy atom. The van der Waals surface area contributed by atoms with Gasteiger partial charge in [-0.25, -0.2) is 9.97 Å². The van der Waals surface area contributed by atoms with Crippen LogP contribution in [-0.2, 0) is 10.1 Å². The third-order valence-electron chi connectivity index (χ3n) is 11.4. The second-order valence-electron chi connectivity index (χ2n) is 15.3. The van der Waals surface area contributed by atoms with Gasteiger partial charge in [0.15, 0.2) is 11.6 Å². The molecule has 0 atom stereocenters. The molecule has 0 bridgehead atoms. The number of fused-ring (bicyclic) bond motifs is 7. The highest BCUT2D eigenvalue weighted by Crippen LogP contribution is 2.40. The van der Waals surface area contributed by atoms with Gasteiger partial charge in [-0.2, -0.15) is 18.4 Å². The van der Waals surface area contributed by atoms with Gasteiger partial charge in [0.2, 0.25) is 5.95 Å². The summed E-state index contributed by atoms with van der Waals surface area (Å²) in [5.74, 6) is 2.60. The summed E-state index contributed by atoms with van der Waals surface area (Å²) in [6.45, 7) is 0. The molecule has 0 spiro atoms. The lowest BCUT2D eigenvalue weighted by molar-refractivity contribution is 0.486. The standard InChI is InChI=1S/C52H33N7O3S/c60-63(61,62-37-18-8-3-9-19-37)38-28-29-43-44(30-38)54-49(53-43)35-24-26-36(27-25-35)58-45-22-12-10-20-39(45)41-32-48-42(31-47(41)58)40-21-11-13-23-46(40)59(48)52-56-50(33-14-4-1-5-15-33)55-51(57-52)34-16-6-2-7-17-34/h1-32H,(H,53,54). The number of nitrogens with zero attached hydrogens (tertiary/aromatic N) is 6. The summed E-state index contributed by atoms with van der Waals surface area (Å²) in [6.07, 6.45) is 0. The third-order valence-corrected chi connectivity index (χ3v) is 12.7. The predicted octanol–water partition coefficient (Wildman–Crippen LogP) is 11.7. The molecule has 0 aliphatic rings. The molecule has 0 amide bonds. The minimum atomic E-state index is -4.05. The van der Waals surface area contributed by atoms with Crippen molar-refractivity contribution in [2.45, 2.75) is 4.90 Å². The van der Waals surface area contributed by atoms with Gasteiger partial charge in [0, 0.05) is 43.9 Å². The van der Waals surface area contributed by atoms with E-state index >= 15 is 0 Å². The van der Waals surface area contributed by atoms with Crippen LogP contribution in [0.15, 0.2) is 199 Å². The first-order chi connectivity index (χ1) is 30.9. The molecule has 0 saturated carbocycles.